The van der Waals surface area contributed by atoms with Gasteiger partial charge < -0.3 is 0 Å². The Morgan fingerprint density at radius 1 is 1.15 bits per heavy atom. The van der Waals surface area contributed by atoms with E-state index in [0.717, 1.165) is 17.8 Å². The van der Waals surface area contributed by atoms with Crippen LogP contribution < -0.4 is 0 Å². The summed E-state index contributed by atoms with van der Waals surface area (Å²) >= 11 is 0. The molecule has 2 fully saturated rings. The summed E-state index contributed by atoms with van der Waals surface area (Å²) in [6.45, 7) is 12.4. The molecule has 0 nitrogen and oxygen atoms in total. The number of hydrogen-bond donors (Lipinski definition) is 0. The summed E-state index contributed by atoms with van der Waals surface area (Å²) < 4.78 is 0. The van der Waals surface area contributed by atoms with Crippen molar-refractivity contribution in [1.29, 1.82) is 0 Å². The van der Waals surface area contributed by atoms with Crippen LogP contribution in [0, 0.1) is 28.6 Å². The average molecular weight is 180 g/mol. The number of rotatable bonds is 1. The minimum atomic E-state index is 0.613. The van der Waals surface area contributed by atoms with E-state index < -0.39 is 0 Å². The summed E-state index contributed by atoms with van der Waals surface area (Å²) in [5, 5.41) is 0. The van der Waals surface area contributed by atoms with Crippen molar-refractivity contribution in [3.8, 4) is 0 Å². The average Bonchev–Trinajstić information content (AvgIpc) is 2.34. The Morgan fingerprint density at radius 2 is 1.77 bits per heavy atom. The molecule has 0 aromatic heterocycles. The third-order valence-corrected chi connectivity index (χ3v) is 5.67. The molecule has 2 saturated carbocycles. The monoisotopic (exact) mass is 180 g/mol. The largest absolute Gasteiger partial charge is 0.0625 e. The summed E-state index contributed by atoms with van der Waals surface area (Å²) in [5.41, 5.74) is 1.26. The maximum Gasteiger partial charge on any atom is -0.0241 e. The van der Waals surface area contributed by atoms with Gasteiger partial charge in [-0.2, -0.15) is 0 Å². The first-order valence-electron chi connectivity index (χ1n) is 5.89. The first kappa shape index (κ1) is 9.55. The molecule has 2 bridgehead atoms. The van der Waals surface area contributed by atoms with Gasteiger partial charge in [0.25, 0.3) is 0 Å². The van der Waals surface area contributed by atoms with Gasteiger partial charge in [-0.1, -0.05) is 34.6 Å². The van der Waals surface area contributed by atoms with Crippen molar-refractivity contribution < 1.29 is 0 Å². The molecule has 2 rings (SSSR count). The van der Waals surface area contributed by atoms with Gasteiger partial charge in [-0.15, -0.1) is 0 Å². The maximum atomic E-state index is 2.55. The lowest BCUT2D eigenvalue weighted by Crippen LogP contribution is -2.34. The SMILES string of the molecule is CC(C)[C@H]1C[C@H]2CC[C@@]1(C)C2(C)C. The van der Waals surface area contributed by atoms with E-state index in [2.05, 4.69) is 34.6 Å². The van der Waals surface area contributed by atoms with E-state index >= 15 is 0 Å². The van der Waals surface area contributed by atoms with Crippen molar-refractivity contribution in [2.75, 3.05) is 0 Å². The quantitative estimate of drug-likeness (QED) is 0.570. The van der Waals surface area contributed by atoms with E-state index in [1.54, 1.807) is 0 Å². The third-order valence-electron chi connectivity index (χ3n) is 5.67. The predicted molar refractivity (Wildman–Crippen MR) is 57.6 cm³/mol. The molecule has 2 aliphatic rings. The van der Waals surface area contributed by atoms with Crippen LogP contribution in [0.25, 0.3) is 0 Å². The van der Waals surface area contributed by atoms with Crippen LogP contribution >= 0.6 is 0 Å². The summed E-state index contributed by atoms with van der Waals surface area (Å²) in [6.07, 6.45) is 4.47. The molecular weight excluding hydrogens is 156 g/mol. The van der Waals surface area contributed by atoms with E-state index in [-0.39, 0.29) is 0 Å². The Balaban J connectivity index is 2.33. The van der Waals surface area contributed by atoms with E-state index in [9.17, 15) is 0 Å². The normalized spacial score (nSPS) is 47.5. The molecule has 0 aromatic rings. The molecule has 0 spiro atoms. The highest BCUT2D eigenvalue weighted by Gasteiger charge is 2.61. The highest BCUT2D eigenvalue weighted by Crippen LogP contribution is 2.69. The molecule has 13 heavy (non-hydrogen) atoms. The molecular formula is C13H24. The fraction of sp³-hybridized carbons (Fsp3) is 1.00. The first-order valence-corrected chi connectivity index (χ1v) is 5.89. The smallest absolute Gasteiger partial charge is 0.0241 e. The van der Waals surface area contributed by atoms with Crippen LogP contribution in [0.5, 0.6) is 0 Å². The molecule has 2 aliphatic carbocycles. The van der Waals surface area contributed by atoms with E-state index in [1.807, 2.05) is 0 Å². The van der Waals surface area contributed by atoms with Crippen LogP contribution in [0.2, 0.25) is 0 Å². The Morgan fingerprint density at radius 3 is 2.00 bits per heavy atom. The zero-order valence-electron chi connectivity index (χ0n) is 9.85. The maximum absolute atomic E-state index is 2.55. The first-order chi connectivity index (χ1) is 5.89. The Kier molecular flexibility index (Phi) is 1.85. The Labute approximate surface area is 83.1 Å². The van der Waals surface area contributed by atoms with Crippen LogP contribution in [-0.2, 0) is 0 Å². The lowest BCUT2D eigenvalue weighted by atomic mass is 9.64. The summed E-state index contributed by atoms with van der Waals surface area (Å²) in [5.74, 6) is 2.89. The van der Waals surface area contributed by atoms with Gasteiger partial charge in [-0.05, 0) is 47.8 Å². The van der Waals surface area contributed by atoms with Crippen LogP contribution in [0.3, 0.4) is 0 Å². The predicted octanol–water partition coefficient (Wildman–Crippen LogP) is 4.10. The van der Waals surface area contributed by atoms with Crippen molar-refractivity contribution in [1.82, 2.24) is 0 Å². The minimum absolute atomic E-state index is 0.613. The van der Waals surface area contributed by atoms with Crippen molar-refractivity contribution >= 4 is 0 Å². The fourth-order valence-corrected chi connectivity index (χ4v) is 4.27. The number of hydrogen-bond acceptors (Lipinski definition) is 0. The molecule has 0 amide bonds. The van der Waals surface area contributed by atoms with Gasteiger partial charge in [0, 0.05) is 0 Å². The molecule has 3 atom stereocenters. The standard InChI is InChI=1S/C13H24/c1-9(2)11-8-10-6-7-13(11,5)12(10,3)4/h9-11H,6-8H2,1-5H3/t10-,11-,13-/m1/s1. The van der Waals surface area contributed by atoms with Crippen LogP contribution in [0.4, 0.5) is 0 Å². The summed E-state index contributed by atoms with van der Waals surface area (Å²) in [7, 11) is 0. The minimum Gasteiger partial charge on any atom is -0.0625 e. The zero-order valence-corrected chi connectivity index (χ0v) is 9.85. The van der Waals surface area contributed by atoms with Crippen LogP contribution in [-0.4, -0.2) is 0 Å². The van der Waals surface area contributed by atoms with Crippen molar-refractivity contribution in [3.63, 3.8) is 0 Å². The van der Waals surface area contributed by atoms with Crippen molar-refractivity contribution in [2.24, 2.45) is 28.6 Å². The van der Waals surface area contributed by atoms with Gasteiger partial charge in [-0.25, -0.2) is 0 Å². The van der Waals surface area contributed by atoms with Gasteiger partial charge in [-0.3, -0.25) is 0 Å². The Bertz CT molecular complexity index is 214. The molecule has 0 heteroatoms. The second-order valence-electron chi connectivity index (χ2n) is 6.46. The third kappa shape index (κ3) is 0.980. The molecule has 0 unspecified atom stereocenters. The van der Waals surface area contributed by atoms with Gasteiger partial charge in [0.1, 0.15) is 0 Å². The van der Waals surface area contributed by atoms with Crippen LogP contribution in [0.15, 0.2) is 0 Å². The van der Waals surface area contributed by atoms with Crippen LogP contribution in [0.1, 0.15) is 53.9 Å². The number of fused-ring (bicyclic) bond motifs is 2. The highest BCUT2D eigenvalue weighted by molar-refractivity contribution is 5.10. The van der Waals surface area contributed by atoms with Gasteiger partial charge in [0.05, 0.1) is 0 Å². The lowest BCUT2D eigenvalue weighted by molar-refractivity contribution is 0.0766. The van der Waals surface area contributed by atoms with Crippen molar-refractivity contribution in [2.45, 2.75) is 53.9 Å². The molecule has 0 radical (unpaired) electrons. The Hall–Kier alpha value is 0. The summed E-state index contributed by atoms with van der Waals surface area (Å²) in [6, 6.07) is 0. The van der Waals surface area contributed by atoms with Gasteiger partial charge >= 0.3 is 0 Å². The van der Waals surface area contributed by atoms with Crippen molar-refractivity contribution in [3.05, 3.63) is 0 Å². The molecule has 0 heterocycles. The lowest BCUT2D eigenvalue weighted by Gasteiger charge is -2.41. The zero-order chi connectivity index (χ0) is 9.85. The molecule has 0 N–H and O–H groups in total. The van der Waals surface area contributed by atoms with E-state index in [0.29, 0.717) is 10.8 Å². The van der Waals surface area contributed by atoms with Gasteiger partial charge in [0.2, 0.25) is 0 Å². The highest BCUT2D eigenvalue weighted by atomic mass is 14.7. The molecule has 76 valence electrons. The van der Waals surface area contributed by atoms with E-state index in [4.69, 9.17) is 0 Å². The summed E-state index contributed by atoms with van der Waals surface area (Å²) in [4.78, 5) is 0. The molecule has 0 saturated heterocycles. The second-order valence-corrected chi connectivity index (χ2v) is 6.46. The molecule has 0 aromatic carbocycles. The second kappa shape index (κ2) is 2.52. The topological polar surface area (TPSA) is 0 Å². The van der Waals surface area contributed by atoms with E-state index in [1.165, 1.54) is 19.3 Å². The molecule has 0 aliphatic heterocycles. The van der Waals surface area contributed by atoms with Gasteiger partial charge in [0.15, 0.2) is 0 Å². The fourth-order valence-electron chi connectivity index (χ4n) is 4.27.